The molecule has 3 heteroatoms. The van der Waals surface area contributed by atoms with Gasteiger partial charge in [-0.15, -0.1) is 0 Å². The predicted octanol–water partition coefficient (Wildman–Crippen LogP) is 3.26. The quantitative estimate of drug-likeness (QED) is 0.767. The summed E-state index contributed by atoms with van der Waals surface area (Å²) < 4.78 is 24.9. The van der Waals surface area contributed by atoms with Crippen LogP contribution < -0.4 is 4.74 Å². The van der Waals surface area contributed by atoms with Gasteiger partial charge in [0.15, 0.2) is 0 Å². The number of benzene rings is 1. The van der Waals surface area contributed by atoms with Crippen molar-refractivity contribution in [3.8, 4) is 5.75 Å². The molecular formula is C13H17FO2. The lowest BCUT2D eigenvalue weighted by atomic mass is 9.91. The molecule has 0 saturated carbocycles. The Morgan fingerprint density at radius 3 is 2.62 bits per heavy atom. The monoisotopic (exact) mass is 224 g/mol. The van der Waals surface area contributed by atoms with Crippen molar-refractivity contribution in [2.75, 3.05) is 13.7 Å². The minimum absolute atomic E-state index is 0.362. The van der Waals surface area contributed by atoms with Crippen LogP contribution >= 0.6 is 0 Å². The second-order valence-corrected chi connectivity index (χ2v) is 4.40. The summed E-state index contributed by atoms with van der Waals surface area (Å²) in [6.07, 6.45) is 1.36. The standard InChI is InChI=1S/C13H17FO2/c1-10-7-8-16-13(14,9-10)11-3-5-12(15-2)6-4-11/h3-6,10H,7-9H2,1-2H3. The van der Waals surface area contributed by atoms with E-state index in [0.29, 0.717) is 24.5 Å². The first-order valence-corrected chi connectivity index (χ1v) is 5.61. The Kier molecular flexibility index (Phi) is 3.15. The van der Waals surface area contributed by atoms with E-state index in [1.54, 1.807) is 31.4 Å². The van der Waals surface area contributed by atoms with Crippen LogP contribution in [-0.4, -0.2) is 13.7 Å². The van der Waals surface area contributed by atoms with Crippen LogP contribution in [0.4, 0.5) is 4.39 Å². The molecule has 1 saturated heterocycles. The zero-order valence-electron chi connectivity index (χ0n) is 9.70. The smallest absolute Gasteiger partial charge is 0.235 e. The molecule has 0 aromatic heterocycles. The van der Waals surface area contributed by atoms with E-state index in [1.807, 2.05) is 0 Å². The SMILES string of the molecule is COc1ccc(C2(F)CC(C)CCO2)cc1. The molecule has 2 unspecified atom stereocenters. The largest absolute Gasteiger partial charge is 0.497 e. The average molecular weight is 224 g/mol. The van der Waals surface area contributed by atoms with Crippen LogP contribution in [0.15, 0.2) is 24.3 Å². The van der Waals surface area contributed by atoms with Gasteiger partial charge in [0.25, 0.3) is 0 Å². The second kappa shape index (κ2) is 4.42. The molecular weight excluding hydrogens is 207 g/mol. The number of hydrogen-bond donors (Lipinski definition) is 0. The average Bonchev–Trinajstić information content (AvgIpc) is 2.29. The highest BCUT2D eigenvalue weighted by Crippen LogP contribution is 2.39. The Morgan fingerprint density at radius 1 is 1.38 bits per heavy atom. The third-order valence-electron chi connectivity index (χ3n) is 3.07. The van der Waals surface area contributed by atoms with E-state index in [9.17, 15) is 4.39 Å². The van der Waals surface area contributed by atoms with Gasteiger partial charge in [0.1, 0.15) is 5.75 Å². The molecule has 1 aliphatic heterocycles. The van der Waals surface area contributed by atoms with Gasteiger partial charge in [-0.2, -0.15) is 0 Å². The summed E-state index contributed by atoms with van der Waals surface area (Å²) in [4.78, 5) is 0. The molecule has 1 aromatic carbocycles. The molecule has 2 rings (SSSR count). The summed E-state index contributed by atoms with van der Waals surface area (Å²) in [5.74, 6) is -0.527. The highest BCUT2D eigenvalue weighted by atomic mass is 19.2. The number of halogens is 1. The van der Waals surface area contributed by atoms with Gasteiger partial charge in [-0.05, 0) is 36.6 Å². The van der Waals surface area contributed by atoms with Gasteiger partial charge in [-0.3, -0.25) is 0 Å². The Hall–Kier alpha value is -1.09. The van der Waals surface area contributed by atoms with Crippen LogP contribution in [0.1, 0.15) is 25.3 Å². The Labute approximate surface area is 95.4 Å². The fraction of sp³-hybridized carbons (Fsp3) is 0.538. The van der Waals surface area contributed by atoms with E-state index in [-0.39, 0.29) is 0 Å². The van der Waals surface area contributed by atoms with Gasteiger partial charge in [0.2, 0.25) is 5.85 Å². The maximum Gasteiger partial charge on any atom is 0.235 e. The second-order valence-electron chi connectivity index (χ2n) is 4.40. The lowest BCUT2D eigenvalue weighted by Gasteiger charge is -2.33. The van der Waals surface area contributed by atoms with Crippen LogP contribution in [-0.2, 0) is 10.6 Å². The molecule has 0 bridgehead atoms. The highest BCUT2D eigenvalue weighted by Gasteiger charge is 2.37. The molecule has 1 heterocycles. The fourth-order valence-electron chi connectivity index (χ4n) is 2.07. The van der Waals surface area contributed by atoms with Gasteiger partial charge >= 0.3 is 0 Å². The molecule has 0 aliphatic carbocycles. The molecule has 0 spiro atoms. The van der Waals surface area contributed by atoms with Gasteiger partial charge < -0.3 is 9.47 Å². The van der Waals surface area contributed by atoms with E-state index in [2.05, 4.69) is 6.92 Å². The Balaban J connectivity index is 2.20. The number of alkyl halides is 1. The summed E-state index contributed by atoms with van der Waals surface area (Å²) in [5.41, 5.74) is 0.583. The normalized spacial score (nSPS) is 30.1. The predicted molar refractivity (Wildman–Crippen MR) is 60.1 cm³/mol. The molecule has 2 atom stereocenters. The van der Waals surface area contributed by atoms with Crippen LogP contribution in [0, 0.1) is 5.92 Å². The lowest BCUT2D eigenvalue weighted by molar-refractivity contribution is -0.190. The van der Waals surface area contributed by atoms with Gasteiger partial charge in [0.05, 0.1) is 13.7 Å². The van der Waals surface area contributed by atoms with Gasteiger partial charge in [-0.25, -0.2) is 4.39 Å². The van der Waals surface area contributed by atoms with Crippen molar-refractivity contribution in [2.45, 2.75) is 25.6 Å². The summed E-state index contributed by atoms with van der Waals surface area (Å²) in [6, 6.07) is 6.99. The first-order valence-electron chi connectivity index (χ1n) is 5.61. The minimum Gasteiger partial charge on any atom is -0.497 e. The molecule has 0 radical (unpaired) electrons. The topological polar surface area (TPSA) is 18.5 Å². The van der Waals surface area contributed by atoms with Gasteiger partial charge in [-0.1, -0.05) is 6.92 Å². The summed E-state index contributed by atoms with van der Waals surface area (Å²) >= 11 is 0. The zero-order chi connectivity index (χ0) is 11.6. The van der Waals surface area contributed by atoms with Crippen LogP contribution in [0.25, 0.3) is 0 Å². The molecule has 88 valence electrons. The zero-order valence-corrected chi connectivity index (χ0v) is 9.70. The van der Waals surface area contributed by atoms with E-state index in [0.717, 1.165) is 12.2 Å². The molecule has 1 aromatic rings. The molecule has 0 amide bonds. The molecule has 2 nitrogen and oxygen atoms in total. The van der Waals surface area contributed by atoms with Crippen molar-refractivity contribution in [3.05, 3.63) is 29.8 Å². The van der Waals surface area contributed by atoms with Crippen molar-refractivity contribution >= 4 is 0 Å². The molecule has 1 fully saturated rings. The van der Waals surface area contributed by atoms with Crippen LogP contribution in [0.5, 0.6) is 5.75 Å². The number of hydrogen-bond acceptors (Lipinski definition) is 2. The highest BCUT2D eigenvalue weighted by molar-refractivity contribution is 5.30. The molecule has 1 aliphatic rings. The lowest BCUT2D eigenvalue weighted by Crippen LogP contribution is -2.32. The molecule has 0 N–H and O–H groups in total. The van der Waals surface area contributed by atoms with E-state index in [1.165, 1.54) is 0 Å². The van der Waals surface area contributed by atoms with Crippen molar-refractivity contribution in [2.24, 2.45) is 5.92 Å². The van der Waals surface area contributed by atoms with Crippen LogP contribution in [0.2, 0.25) is 0 Å². The Morgan fingerprint density at radius 2 is 2.06 bits per heavy atom. The number of rotatable bonds is 2. The summed E-state index contributed by atoms with van der Waals surface area (Å²) in [5, 5.41) is 0. The minimum atomic E-state index is -1.62. The van der Waals surface area contributed by atoms with Crippen LogP contribution in [0.3, 0.4) is 0 Å². The summed E-state index contributed by atoms with van der Waals surface area (Å²) in [6.45, 7) is 2.55. The van der Waals surface area contributed by atoms with Crippen molar-refractivity contribution in [3.63, 3.8) is 0 Å². The van der Waals surface area contributed by atoms with Crippen molar-refractivity contribution in [1.82, 2.24) is 0 Å². The fourth-order valence-corrected chi connectivity index (χ4v) is 2.07. The van der Waals surface area contributed by atoms with E-state index < -0.39 is 5.85 Å². The third-order valence-corrected chi connectivity index (χ3v) is 3.07. The maximum absolute atomic E-state index is 14.5. The van der Waals surface area contributed by atoms with Crippen molar-refractivity contribution in [1.29, 1.82) is 0 Å². The van der Waals surface area contributed by atoms with E-state index >= 15 is 0 Å². The Bertz CT molecular complexity index is 349. The number of methoxy groups -OCH3 is 1. The third kappa shape index (κ3) is 2.19. The van der Waals surface area contributed by atoms with Crippen molar-refractivity contribution < 1.29 is 13.9 Å². The maximum atomic E-state index is 14.5. The van der Waals surface area contributed by atoms with E-state index in [4.69, 9.17) is 9.47 Å². The first kappa shape index (κ1) is 11.4. The number of ether oxygens (including phenoxy) is 2. The van der Waals surface area contributed by atoms with Gasteiger partial charge in [0, 0.05) is 12.0 Å². The first-order chi connectivity index (χ1) is 7.64. The summed E-state index contributed by atoms with van der Waals surface area (Å²) in [7, 11) is 1.60. The molecule has 16 heavy (non-hydrogen) atoms.